The van der Waals surface area contributed by atoms with Crippen molar-refractivity contribution >= 4 is 9.84 Å². The van der Waals surface area contributed by atoms with E-state index in [0.717, 1.165) is 25.7 Å². The molecule has 0 saturated carbocycles. The van der Waals surface area contributed by atoms with Gasteiger partial charge in [-0.3, -0.25) is 0 Å². The minimum atomic E-state index is -2.93. The van der Waals surface area contributed by atoms with Crippen LogP contribution in [0.3, 0.4) is 0 Å². The maximum Gasteiger partial charge on any atom is 0.147 e. The summed E-state index contributed by atoms with van der Waals surface area (Å²) in [5, 5.41) is 3.73. The minimum absolute atomic E-state index is 0.118. The van der Waals surface area contributed by atoms with Crippen LogP contribution >= 0.6 is 0 Å². The highest BCUT2D eigenvalue weighted by molar-refractivity contribution is 7.90. The Kier molecular flexibility index (Phi) is 3.18. The highest BCUT2D eigenvalue weighted by Crippen LogP contribution is 2.47. The average Bonchev–Trinajstić information content (AvgIpc) is 2.73. The van der Waals surface area contributed by atoms with E-state index in [4.69, 9.17) is 0 Å². The maximum absolute atomic E-state index is 11.7. The average molecular weight is 279 g/mol. The van der Waals surface area contributed by atoms with Gasteiger partial charge in [-0.2, -0.15) is 0 Å². The number of fused-ring (bicyclic) bond motifs is 2. The summed E-state index contributed by atoms with van der Waals surface area (Å²) in [6.07, 6.45) is 5.69. The van der Waals surface area contributed by atoms with Gasteiger partial charge in [0.1, 0.15) is 9.84 Å². The zero-order valence-electron chi connectivity index (χ0n) is 11.3. The summed E-state index contributed by atoms with van der Waals surface area (Å²) in [4.78, 5) is 0. The number of benzene rings is 1. The molecule has 3 nitrogen and oxygen atoms in total. The third-order valence-corrected chi connectivity index (χ3v) is 5.71. The number of hydrogen-bond acceptors (Lipinski definition) is 3. The lowest BCUT2D eigenvalue weighted by atomic mass is 9.75. The Labute approximate surface area is 115 Å². The number of piperidine rings is 1. The minimum Gasteiger partial charge on any atom is -0.304 e. The topological polar surface area (TPSA) is 46.2 Å². The summed E-state index contributed by atoms with van der Waals surface area (Å²) in [5.74, 6) is 0.491. The van der Waals surface area contributed by atoms with E-state index in [0.29, 0.717) is 11.8 Å². The van der Waals surface area contributed by atoms with Crippen LogP contribution in [0.15, 0.2) is 30.3 Å². The molecule has 1 N–H and O–H groups in total. The molecule has 0 aliphatic carbocycles. The van der Waals surface area contributed by atoms with E-state index in [-0.39, 0.29) is 11.5 Å². The molecular formula is C15H21NO2S. The molecule has 0 radical (unpaired) electrons. The molecule has 2 bridgehead atoms. The van der Waals surface area contributed by atoms with Gasteiger partial charge in [-0.15, -0.1) is 0 Å². The van der Waals surface area contributed by atoms with Gasteiger partial charge in [0.15, 0.2) is 0 Å². The van der Waals surface area contributed by atoms with Crippen LogP contribution in [-0.2, 0) is 15.4 Å². The van der Waals surface area contributed by atoms with E-state index in [1.807, 2.05) is 18.2 Å². The summed E-state index contributed by atoms with van der Waals surface area (Å²) in [6, 6.07) is 10.9. The van der Waals surface area contributed by atoms with Crippen molar-refractivity contribution in [2.75, 3.05) is 12.0 Å². The molecule has 19 heavy (non-hydrogen) atoms. The second kappa shape index (κ2) is 4.60. The molecule has 0 spiro atoms. The number of rotatable bonds is 3. The molecule has 104 valence electrons. The van der Waals surface area contributed by atoms with Crippen molar-refractivity contribution in [3.8, 4) is 0 Å². The highest BCUT2D eigenvalue weighted by Gasteiger charge is 2.49. The molecule has 2 saturated heterocycles. The quantitative estimate of drug-likeness (QED) is 0.921. The first-order chi connectivity index (χ1) is 9.00. The smallest absolute Gasteiger partial charge is 0.147 e. The third-order valence-electron chi connectivity index (χ3n) is 4.70. The second-order valence-electron chi connectivity index (χ2n) is 6.08. The summed E-state index contributed by atoms with van der Waals surface area (Å²) < 4.78 is 23.4. The number of sulfone groups is 1. The second-order valence-corrected chi connectivity index (χ2v) is 8.27. The van der Waals surface area contributed by atoms with Gasteiger partial charge >= 0.3 is 0 Å². The monoisotopic (exact) mass is 279 g/mol. The Hall–Kier alpha value is -0.870. The molecule has 2 aliphatic rings. The molecule has 3 atom stereocenters. The molecule has 2 heterocycles. The molecule has 0 amide bonds. The molecule has 1 aromatic rings. The van der Waals surface area contributed by atoms with Gasteiger partial charge in [0.25, 0.3) is 0 Å². The molecule has 0 aromatic heterocycles. The third kappa shape index (κ3) is 2.43. The van der Waals surface area contributed by atoms with Gasteiger partial charge in [-0.25, -0.2) is 8.42 Å². The molecule has 2 aliphatic heterocycles. The van der Waals surface area contributed by atoms with Crippen molar-refractivity contribution in [1.82, 2.24) is 5.32 Å². The van der Waals surface area contributed by atoms with E-state index in [1.54, 1.807) is 0 Å². The van der Waals surface area contributed by atoms with Gasteiger partial charge < -0.3 is 5.32 Å². The van der Waals surface area contributed by atoms with Crippen molar-refractivity contribution < 1.29 is 8.42 Å². The molecule has 1 aromatic carbocycles. The van der Waals surface area contributed by atoms with Gasteiger partial charge in [-0.1, -0.05) is 30.3 Å². The van der Waals surface area contributed by atoms with E-state index >= 15 is 0 Å². The Bertz CT molecular complexity index is 555. The predicted octanol–water partition coefficient (Wildman–Crippen LogP) is 2.09. The first-order valence-electron chi connectivity index (χ1n) is 7.00. The summed E-state index contributed by atoms with van der Waals surface area (Å²) >= 11 is 0. The molecule has 3 unspecified atom stereocenters. The van der Waals surface area contributed by atoms with Crippen LogP contribution < -0.4 is 5.32 Å². The zero-order valence-corrected chi connectivity index (χ0v) is 12.1. The van der Waals surface area contributed by atoms with Crippen LogP contribution in [0.4, 0.5) is 0 Å². The predicted molar refractivity (Wildman–Crippen MR) is 76.7 cm³/mol. The summed E-state index contributed by atoms with van der Waals surface area (Å²) in [6.45, 7) is 0. The lowest BCUT2D eigenvalue weighted by Gasteiger charge is -2.42. The standard InChI is InChI=1S/C15H21NO2S/c1-19(17,18)11-13-7-8-14-9-10-15(13,16-14)12-5-3-2-4-6-12/h2-6,13-14,16H,7-11H2,1H3. The Morgan fingerprint density at radius 2 is 1.95 bits per heavy atom. The molecular weight excluding hydrogens is 258 g/mol. The molecule has 2 fully saturated rings. The van der Waals surface area contributed by atoms with E-state index in [2.05, 4.69) is 17.4 Å². The summed E-state index contributed by atoms with van der Waals surface area (Å²) in [5.41, 5.74) is 1.14. The van der Waals surface area contributed by atoms with Crippen LogP contribution in [-0.4, -0.2) is 26.5 Å². The lowest BCUT2D eigenvalue weighted by molar-refractivity contribution is 0.193. The number of hydrogen-bond donors (Lipinski definition) is 1. The SMILES string of the molecule is CS(=O)(=O)CC1CCC2CCC1(c1ccccc1)N2. The fourth-order valence-electron chi connectivity index (χ4n) is 3.89. The van der Waals surface area contributed by atoms with Crippen LogP contribution in [0.5, 0.6) is 0 Å². The van der Waals surface area contributed by atoms with Gasteiger partial charge in [0.2, 0.25) is 0 Å². The van der Waals surface area contributed by atoms with Crippen molar-refractivity contribution in [2.24, 2.45) is 5.92 Å². The Morgan fingerprint density at radius 1 is 1.21 bits per heavy atom. The van der Waals surface area contributed by atoms with E-state index in [1.165, 1.54) is 11.8 Å². The van der Waals surface area contributed by atoms with Gasteiger partial charge in [0, 0.05) is 17.8 Å². The Balaban J connectivity index is 1.99. The largest absolute Gasteiger partial charge is 0.304 e. The lowest BCUT2D eigenvalue weighted by Crippen LogP contribution is -2.52. The van der Waals surface area contributed by atoms with Gasteiger partial charge in [-0.05, 0) is 37.2 Å². The Morgan fingerprint density at radius 3 is 2.63 bits per heavy atom. The molecule has 4 heteroatoms. The number of nitrogens with one attached hydrogen (secondary N) is 1. The van der Waals surface area contributed by atoms with Crippen LogP contribution in [0.1, 0.15) is 31.2 Å². The fourth-order valence-corrected chi connectivity index (χ4v) is 5.07. The molecule has 3 rings (SSSR count). The summed E-state index contributed by atoms with van der Waals surface area (Å²) in [7, 11) is -2.93. The van der Waals surface area contributed by atoms with Crippen molar-refractivity contribution in [1.29, 1.82) is 0 Å². The first kappa shape index (κ1) is 13.1. The van der Waals surface area contributed by atoms with E-state index < -0.39 is 9.84 Å². The van der Waals surface area contributed by atoms with Crippen LogP contribution in [0, 0.1) is 5.92 Å². The van der Waals surface area contributed by atoms with Crippen molar-refractivity contribution in [2.45, 2.75) is 37.3 Å². The van der Waals surface area contributed by atoms with Crippen LogP contribution in [0.25, 0.3) is 0 Å². The normalized spacial score (nSPS) is 34.4. The van der Waals surface area contributed by atoms with Crippen molar-refractivity contribution in [3.63, 3.8) is 0 Å². The van der Waals surface area contributed by atoms with Crippen molar-refractivity contribution in [3.05, 3.63) is 35.9 Å². The zero-order chi connectivity index (χ0) is 13.5. The van der Waals surface area contributed by atoms with Gasteiger partial charge in [0.05, 0.1) is 5.75 Å². The first-order valence-corrected chi connectivity index (χ1v) is 9.07. The fraction of sp³-hybridized carbons (Fsp3) is 0.600. The van der Waals surface area contributed by atoms with E-state index in [9.17, 15) is 8.42 Å². The van der Waals surface area contributed by atoms with Crippen LogP contribution in [0.2, 0.25) is 0 Å². The maximum atomic E-state index is 11.7. The highest BCUT2D eigenvalue weighted by atomic mass is 32.2.